The van der Waals surface area contributed by atoms with Gasteiger partial charge in [0.15, 0.2) is 5.65 Å². The first kappa shape index (κ1) is 16.0. The molecule has 0 aliphatic carbocycles. The fraction of sp³-hybridized carbons (Fsp3) is 0.389. The Kier molecular flexibility index (Phi) is 3.88. The van der Waals surface area contributed by atoms with Crippen LogP contribution in [0.4, 0.5) is 4.39 Å². The van der Waals surface area contributed by atoms with Crippen LogP contribution in [-0.2, 0) is 0 Å². The Morgan fingerprint density at radius 2 is 2.12 bits per heavy atom. The average molecular weight is 341 g/mol. The highest BCUT2D eigenvalue weighted by Gasteiger charge is 2.23. The van der Waals surface area contributed by atoms with E-state index in [1.165, 1.54) is 12.1 Å². The topological polar surface area (TPSA) is 67.1 Å². The lowest BCUT2D eigenvalue weighted by Gasteiger charge is -2.29. The van der Waals surface area contributed by atoms with Gasteiger partial charge in [-0.05, 0) is 51.1 Å². The standard InChI is InChI=1S/C18H20FN5O/c1-11-15-9-20-24(13-4-3-7-23(2)10-13)18(15)22-21-17(11)14-6-5-12(19)8-16(14)25/h5-6,8-9,13,25H,3-4,7,10H2,1-2H3/t13-/m1/s1. The summed E-state index contributed by atoms with van der Waals surface area (Å²) in [6.07, 6.45) is 4.01. The number of benzene rings is 1. The molecule has 3 heterocycles. The van der Waals surface area contributed by atoms with Crippen LogP contribution < -0.4 is 0 Å². The second kappa shape index (κ2) is 6.07. The van der Waals surface area contributed by atoms with E-state index >= 15 is 0 Å². The van der Waals surface area contributed by atoms with Crippen molar-refractivity contribution in [2.45, 2.75) is 25.8 Å². The zero-order valence-corrected chi connectivity index (χ0v) is 14.3. The third kappa shape index (κ3) is 2.74. The molecule has 1 fully saturated rings. The number of phenols is 1. The number of aryl methyl sites for hydroxylation is 1. The van der Waals surface area contributed by atoms with Gasteiger partial charge in [0.1, 0.15) is 17.3 Å². The first-order valence-electron chi connectivity index (χ1n) is 8.42. The third-order valence-electron chi connectivity index (χ3n) is 4.93. The van der Waals surface area contributed by atoms with Gasteiger partial charge in [-0.15, -0.1) is 10.2 Å². The monoisotopic (exact) mass is 341 g/mol. The number of likely N-dealkylation sites (N-methyl/N-ethyl adjacent to an activating group) is 1. The van der Waals surface area contributed by atoms with Gasteiger partial charge in [0.25, 0.3) is 0 Å². The van der Waals surface area contributed by atoms with E-state index in [2.05, 4.69) is 27.2 Å². The molecule has 1 atom stereocenters. The van der Waals surface area contributed by atoms with Crippen LogP contribution in [0.25, 0.3) is 22.3 Å². The number of fused-ring (bicyclic) bond motifs is 1. The Morgan fingerprint density at radius 3 is 2.88 bits per heavy atom. The minimum atomic E-state index is -0.484. The molecule has 0 saturated carbocycles. The number of aromatic hydroxyl groups is 1. The quantitative estimate of drug-likeness (QED) is 0.776. The van der Waals surface area contributed by atoms with Gasteiger partial charge in [-0.1, -0.05) is 0 Å². The lowest BCUT2D eigenvalue weighted by Crippen LogP contribution is -2.34. The molecule has 4 rings (SSSR count). The average Bonchev–Trinajstić information content (AvgIpc) is 3.01. The lowest BCUT2D eigenvalue weighted by molar-refractivity contribution is 0.205. The summed E-state index contributed by atoms with van der Waals surface area (Å²) in [5, 5.41) is 24.2. The summed E-state index contributed by atoms with van der Waals surface area (Å²) in [5.74, 6) is -0.625. The van der Waals surface area contributed by atoms with Gasteiger partial charge in [0.05, 0.1) is 12.2 Å². The van der Waals surface area contributed by atoms with Crippen molar-refractivity contribution in [2.75, 3.05) is 20.1 Å². The predicted molar refractivity (Wildman–Crippen MR) is 92.9 cm³/mol. The molecule has 130 valence electrons. The van der Waals surface area contributed by atoms with Gasteiger partial charge >= 0.3 is 0 Å². The minimum absolute atomic E-state index is 0.141. The smallest absolute Gasteiger partial charge is 0.181 e. The predicted octanol–water partition coefficient (Wildman–Crippen LogP) is 2.91. The molecule has 1 aliphatic heterocycles. The maximum Gasteiger partial charge on any atom is 0.181 e. The molecule has 0 spiro atoms. The van der Waals surface area contributed by atoms with E-state index in [0.717, 1.165) is 48.6 Å². The lowest BCUT2D eigenvalue weighted by atomic mass is 10.0. The highest BCUT2D eigenvalue weighted by molar-refractivity contribution is 5.85. The largest absolute Gasteiger partial charge is 0.507 e. The highest BCUT2D eigenvalue weighted by atomic mass is 19.1. The van der Waals surface area contributed by atoms with Crippen molar-refractivity contribution in [1.29, 1.82) is 0 Å². The molecule has 3 aromatic rings. The summed E-state index contributed by atoms with van der Waals surface area (Å²) in [6, 6.07) is 4.20. The van der Waals surface area contributed by atoms with Crippen LogP contribution in [0.15, 0.2) is 24.4 Å². The van der Waals surface area contributed by atoms with Crippen molar-refractivity contribution in [3.05, 3.63) is 35.8 Å². The molecule has 0 bridgehead atoms. The van der Waals surface area contributed by atoms with E-state index in [1.807, 2.05) is 11.6 Å². The molecule has 1 aliphatic rings. The summed E-state index contributed by atoms with van der Waals surface area (Å²) in [6.45, 7) is 3.97. The van der Waals surface area contributed by atoms with Crippen LogP contribution in [0.5, 0.6) is 5.75 Å². The maximum absolute atomic E-state index is 13.2. The van der Waals surface area contributed by atoms with Crippen LogP contribution in [-0.4, -0.2) is 50.1 Å². The number of hydrogen-bond acceptors (Lipinski definition) is 5. The molecule has 2 aromatic heterocycles. The highest BCUT2D eigenvalue weighted by Crippen LogP contribution is 2.33. The van der Waals surface area contributed by atoms with E-state index in [-0.39, 0.29) is 11.8 Å². The zero-order chi connectivity index (χ0) is 17.6. The van der Waals surface area contributed by atoms with E-state index in [9.17, 15) is 9.50 Å². The number of hydrogen-bond donors (Lipinski definition) is 1. The molecule has 0 radical (unpaired) electrons. The van der Waals surface area contributed by atoms with E-state index in [1.54, 1.807) is 6.20 Å². The van der Waals surface area contributed by atoms with Crippen molar-refractivity contribution >= 4 is 11.0 Å². The fourth-order valence-electron chi connectivity index (χ4n) is 3.59. The number of likely N-dealkylation sites (tertiary alicyclic amines) is 1. The Labute approximate surface area is 144 Å². The minimum Gasteiger partial charge on any atom is -0.507 e. The molecule has 1 saturated heterocycles. The normalized spacial score (nSPS) is 18.8. The van der Waals surface area contributed by atoms with E-state index < -0.39 is 5.82 Å². The van der Waals surface area contributed by atoms with Gasteiger partial charge in [-0.25, -0.2) is 9.07 Å². The van der Waals surface area contributed by atoms with Crippen LogP contribution in [0.1, 0.15) is 24.4 Å². The molecule has 0 unspecified atom stereocenters. The number of piperidine rings is 1. The van der Waals surface area contributed by atoms with E-state index in [4.69, 9.17) is 0 Å². The number of nitrogens with zero attached hydrogens (tertiary/aromatic N) is 5. The van der Waals surface area contributed by atoms with Gasteiger partial charge in [-0.3, -0.25) is 0 Å². The number of aromatic nitrogens is 4. The van der Waals surface area contributed by atoms with Crippen LogP contribution in [0, 0.1) is 12.7 Å². The Hall–Kier alpha value is -2.54. The summed E-state index contributed by atoms with van der Waals surface area (Å²) >= 11 is 0. The van der Waals surface area contributed by atoms with Crippen molar-refractivity contribution < 1.29 is 9.50 Å². The Morgan fingerprint density at radius 1 is 1.28 bits per heavy atom. The van der Waals surface area contributed by atoms with Crippen molar-refractivity contribution in [3.8, 4) is 17.0 Å². The van der Waals surface area contributed by atoms with E-state index in [0.29, 0.717) is 11.3 Å². The first-order valence-corrected chi connectivity index (χ1v) is 8.42. The molecule has 1 N–H and O–H groups in total. The summed E-state index contributed by atoms with van der Waals surface area (Å²) in [7, 11) is 2.12. The summed E-state index contributed by atoms with van der Waals surface area (Å²) in [4.78, 5) is 2.30. The van der Waals surface area contributed by atoms with Gasteiger partial charge in [0.2, 0.25) is 0 Å². The van der Waals surface area contributed by atoms with Crippen molar-refractivity contribution in [3.63, 3.8) is 0 Å². The zero-order valence-electron chi connectivity index (χ0n) is 14.3. The Balaban J connectivity index is 1.79. The van der Waals surface area contributed by atoms with Crippen LogP contribution in [0.3, 0.4) is 0 Å². The van der Waals surface area contributed by atoms with Gasteiger partial charge in [0, 0.05) is 23.6 Å². The number of halogens is 1. The molecule has 25 heavy (non-hydrogen) atoms. The second-order valence-corrected chi connectivity index (χ2v) is 6.72. The SMILES string of the molecule is Cc1c(-c2ccc(F)cc2O)nnc2c1cnn2[C@@H]1CCCN(C)C1. The summed E-state index contributed by atoms with van der Waals surface area (Å²) in [5.41, 5.74) is 2.65. The fourth-order valence-corrected chi connectivity index (χ4v) is 3.59. The second-order valence-electron chi connectivity index (χ2n) is 6.72. The molecule has 7 heteroatoms. The first-order chi connectivity index (χ1) is 12.0. The van der Waals surface area contributed by atoms with Gasteiger partial charge < -0.3 is 10.0 Å². The molecular weight excluding hydrogens is 321 g/mol. The maximum atomic E-state index is 13.2. The van der Waals surface area contributed by atoms with Crippen molar-refractivity contribution in [1.82, 2.24) is 24.9 Å². The molecular formula is C18H20FN5O. The van der Waals surface area contributed by atoms with Crippen molar-refractivity contribution in [2.24, 2.45) is 0 Å². The van der Waals surface area contributed by atoms with Gasteiger partial charge in [-0.2, -0.15) is 5.10 Å². The number of phenolic OH excluding ortho intramolecular Hbond substituents is 1. The van der Waals surface area contributed by atoms with Crippen LogP contribution >= 0.6 is 0 Å². The Bertz CT molecular complexity index is 939. The molecule has 1 aromatic carbocycles. The third-order valence-corrected chi connectivity index (χ3v) is 4.93. The molecule has 6 nitrogen and oxygen atoms in total. The summed E-state index contributed by atoms with van der Waals surface area (Å²) < 4.78 is 15.2. The number of rotatable bonds is 2. The molecule has 0 amide bonds. The van der Waals surface area contributed by atoms with Crippen LogP contribution in [0.2, 0.25) is 0 Å².